The quantitative estimate of drug-likeness (QED) is 0.645. The summed E-state index contributed by atoms with van der Waals surface area (Å²) in [6.45, 7) is 0.968. The summed E-state index contributed by atoms with van der Waals surface area (Å²) >= 11 is 0. The van der Waals surface area contributed by atoms with E-state index in [0.717, 1.165) is 5.56 Å². The molecule has 1 aromatic heterocycles. The van der Waals surface area contributed by atoms with E-state index in [1.165, 1.54) is 0 Å². The molecule has 3 rings (SSSR count). The van der Waals surface area contributed by atoms with Crippen molar-refractivity contribution in [3.05, 3.63) is 17.5 Å². The SMILES string of the molecule is FC1c2oncc2C2COCC1N2. The summed E-state index contributed by atoms with van der Waals surface area (Å²) in [7, 11) is 0. The van der Waals surface area contributed by atoms with Gasteiger partial charge in [-0.2, -0.15) is 0 Å². The number of halogens is 1. The van der Waals surface area contributed by atoms with Crippen molar-refractivity contribution >= 4 is 0 Å². The van der Waals surface area contributed by atoms with Gasteiger partial charge in [-0.1, -0.05) is 5.16 Å². The predicted molar refractivity (Wildman–Crippen MR) is 40.8 cm³/mol. The first-order valence-electron chi connectivity index (χ1n) is 4.28. The maximum atomic E-state index is 13.6. The molecule has 2 bridgehead atoms. The normalized spacial score (nSPS) is 37.2. The van der Waals surface area contributed by atoms with Crippen molar-refractivity contribution in [2.75, 3.05) is 13.2 Å². The first-order valence-corrected chi connectivity index (χ1v) is 4.28. The second-order valence-corrected chi connectivity index (χ2v) is 3.41. The van der Waals surface area contributed by atoms with Crippen LogP contribution >= 0.6 is 0 Å². The van der Waals surface area contributed by atoms with Crippen LogP contribution in [0.5, 0.6) is 0 Å². The van der Waals surface area contributed by atoms with Gasteiger partial charge in [-0.15, -0.1) is 0 Å². The third-order valence-electron chi connectivity index (χ3n) is 2.60. The molecule has 1 fully saturated rings. The number of hydrogen-bond acceptors (Lipinski definition) is 4. The van der Waals surface area contributed by atoms with Crippen molar-refractivity contribution in [3.8, 4) is 0 Å². The molecule has 4 nitrogen and oxygen atoms in total. The molecule has 3 atom stereocenters. The van der Waals surface area contributed by atoms with Gasteiger partial charge in [0.2, 0.25) is 0 Å². The minimum absolute atomic E-state index is 0.0481. The van der Waals surface area contributed by atoms with Gasteiger partial charge >= 0.3 is 0 Å². The van der Waals surface area contributed by atoms with Crippen molar-refractivity contribution in [1.82, 2.24) is 10.5 Å². The first-order chi connectivity index (χ1) is 6.36. The molecule has 13 heavy (non-hydrogen) atoms. The molecule has 1 N–H and O–H groups in total. The van der Waals surface area contributed by atoms with E-state index >= 15 is 0 Å². The van der Waals surface area contributed by atoms with Gasteiger partial charge in [0.15, 0.2) is 11.9 Å². The highest BCUT2D eigenvalue weighted by Crippen LogP contribution is 2.36. The Bertz CT molecular complexity index is 311. The molecule has 0 saturated carbocycles. The average molecular weight is 184 g/mol. The van der Waals surface area contributed by atoms with Gasteiger partial charge in [-0.3, -0.25) is 5.32 Å². The van der Waals surface area contributed by atoms with E-state index in [9.17, 15) is 4.39 Å². The van der Waals surface area contributed by atoms with Crippen LogP contribution in [-0.4, -0.2) is 24.4 Å². The Balaban J connectivity index is 2.09. The Labute approximate surface area is 74.0 Å². The fourth-order valence-electron chi connectivity index (χ4n) is 1.93. The second-order valence-electron chi connectivity index (χ2n) is 3.41. The van der Waals surface area contributed by atoms with Gasteiger partial charge in [0.25, 0.3) is 0 Å². The Morgan fingerprint density at radius 1 is 1.54 bits per heavy atom. The molecule has 0 radical (unpaired) electrons. The Kier molecular flexibility index (Phi) is 1.45. The number of aromatic nitrogens is 1. The predicted octanol–water partition coefficient (Wildman–Crippen LogP) is 0.728. The summed E-state index contributed by atoms with van der Waals surface area (Å²) in [6.07, 6.45) is 0.429. The van der Waals surface area contributed by atoms with Gasteiger partial charge < -0.3 is 9.26 Å². The molecule has 2 aliphatic heterocycles. The molecule has 3 unspecified atom stereocenters. The van der Waals surface area contributed by atoms with Crippen LogP contribution in [0, 0.1) is 0 Å². The van der Waals surface area contributed by atoms with Crippen LogP contribution in [0.1, 0.15) is 23.5 Å². The van der Waals surface area contributed by atoms with Crippen molar-refractivity contribution in [1.29, 1.82) is 0 Å². The summed E-state index contributed by atoms with van der Waals surface area (Å²) in [5.74, 6) is 0.372. The average Bonchev–Trinajstić information content (AvgIpc) is 2.64. The lowest BCUT2D eigenvalue weighted by Gasteiger charge is -2.36. The molecule has 1 aromatic rings. The number of rotatable bonds is 0. The number of hydrogen-bond donors (Lipinski definition) is 1. The van der Waals surface area contributed by atoms with Crippen LogP contribution in [-0.2, 0) is 4.74 Å². The van der Waals surface area contributed by atoms with E-state index in [2.05, 4.69) is 10.5 Å². The molecule has 1 saturated heterocycles. The van der Waals surface area contributed by atoms with Crippen molar-refractivity contribution in [3.63, 3.8) is 0 Å². The van der Waals surface area contributed by atoms with Crippen molar-refractivity contribution < 1.29 is 13.7 Å². The standard InChI is InChI=1S/C8H9FN2O2/c9-7-6-3-12-2-5(11-6)4-1-10-13-8(4)7/h1,5-7,11H,2-3H2. The lowest BCUT2D eigenvalue weighted by atomic mass is 9.94. The maximum absolute atomic E-state index is 13.6. The molecule has 0 spiro atoms. The first kappa shape index (κ1) is 7.46. The van der Waals surface area contributed by atoms with E-state index in [-0.39, 0.29) is 12.1 Å². The lowest BCUT2D eigenvalue weighted by Crippen LogP contribution is -2.49. The third kappa shape index (κ3) is 0.941. The van der Waals surface area contributed by atoms with Gasteiger partial charge in [-0.05, 0) is 0 Å². The number of fused-ring (bicyclic) bond motifs is 4. The second kappa shape index (κ2) is 2.52. The Morgan fingerprint density at radius 3 is 3.38 bits per heavy atom. The van der Waals surface area contributed by atoms with E-state index in [0.29, 0.717) is 19.0 Å². The molecular formula is C8H9FN2O2. The topological polar surface area (TPSA) is 47.3 Å². The molecule has 70 valence electrons. The fourth-order valence-corrected chi connectivity index (χ4v) is 1.93. The minimum atomic E-state index is -1.13. The third-order valence-corrected chi connectivity index (χ3v) is 2.60. The molecule has 3 heterocycles. The van der Waals surface area contributed by atoms with Crippen LogP contribution in [0.15, 0.2) is 10.7 Å². The number of alkyl halides is 1. The van der Waals surface area contributed by atoms with Crippen LogP contribution in [0.3, 0.4) is 0 Å². The van der Waals surface area contributed by atoms with Crippen LogP contribution in [0.25, 0.3) is 0 Å². The Hall–Kier alpha value is -0.940. The highest BCUT2D eigenvalue weighted by Gasteiger charge is 2.40. The summed E-state index contributed by atoms with van der Waals surface area (Å²) < 4.78 is 23.8. The fraction of sp³-hybridized carbons (Fsp3) is 0.625. The van der Waals surface area contributed by atoms with Gasteiger partial charge in [-0.25, -0.2) is 4.39 Å². The zero-order valence-electron chi connectivity index (χ0n) is 6.87. The molecule has 0 aromatic carbocycles. The maximum Gasteiger partial charge on any atom is 0.178 e. The highest BCUT2D eigenvalue weighted by atomic mass is 19.1. The molecule has 0 aliphatic carbocycles. The summed E-state index contributed by atoms with van der Waals surface area (Å²) in [5, 5.41) is 6.75. The zero-order valence-corrected chi connectivity index (χ0v) is 6.87. The molecular weight excluding hydrogens is 175 g/mol. The monoisotopic (exact) mass is 184 g/mol. The lowest BCUT2D eigenvalue weighted by molar-refractivity contribution is 0.0000306. The minimum Gasteiger partial charge on any atom is -0.378 e. The van der Waals surface area contributed by atoms with E-state index in [1.54, 1.807) is 6.20 Å². The van der Waals surface area contributed by atoms with Crippen LogP contribution in [0.4, 0.5) is 4.39 Å². The van der Waals surface area contributed by atoms with E-state index in [4.69, 9.17) is 9.26 Å². The van der Waals surface area contributed by atoms with Crippen LogP contribution < -0.4 is 5.32 Å². The highest BCUT2D eigenvalue weighted by molar-refractivity contribution is 5.26. The summed E-state index contributed by atoms with van der Waals surface area (Å²) in [4.78, 5) is 0. The smallest absolute Gasteiger partial charge is 0.178 e. The van der Waals surface area contributed by atoms with Crippen LogP contribution in [0.2, 0.25) is 0 Å². The van der Waals surface area contributed by atoms with E-state index in [1.807, 2.05) is 0 Å². The summed E-state index contributed by atoms with van der Waals surface area (Å²) in [5.41, 5.74) is 0.795. The van der Waals surface area contributed by atoms with Gasteiger partial charge in [0.1, 0.15) is 0 Å². The summed E-state index contributed by atoms with van der Waals surface area (Å²) in [6, 6.07) is -0.230. The number of ether oxygens (including phenoxy) is 1. The zero-order chi connectivity index (χ0) is 8.84. The number of nitrogens with one attached hydrogen (secondary N) is 1. The van der Waals surface area contributed by atoms with Crippen molar-refractivity contribution in [2.45, 2.75) is 18.3 Å². The largest absolute Gasteiger partial charge is 0.378 e. The van der Waals surface area contributed by atoms with E-state index < -0.39 is 6.17 Å². The number of morpholine rings is 1. The number of nitrogens with zero attached hydrogens (tertiary/aromatic N) is 1. The van der Waals surface area contributed by atoms with Crippen molar-refractivity contribution in [2.24, 2.45) is 0 Å². The Morgan fingerprint density at radius 2 is 2.46 bits per heavy atom. The molecule has 0 amide bonds. The van der Waals surface area contributed by atoms with Gasteiger partial charge in [0, 0.05) is 5.56 Å². The van der Waals surface area contributed by atoms with Gasteiger partial charge in [0.05, 0.1) is 31.5 Å². The molecule has 2 aliphatic rings. The molecule has 5 heteroatoms.